The highest BCUT2D eigenvalue weighted by atomic mass is 16.5. The third-order valence-electron chi connectivity index (χ3n) is 5.54. The molecule has 2 aromatic rings. The minimum atomic E-state index is -1.30. The fraction of sp³-hybridized carbons (Fsp3) is 0.333. The summed E-state index contributed by atoms with van der Waals surface area (Å²) in [7, 11) is 1.58. The SMILES string of the molecule is COc1ccc([C@H]2C(C(C)=O)=C(Nc3ccccc3)C[C@@](C)(O)[C@@H]2C(C)=O)cc1. The summed E-state index contributed by atoms with van der Waals surface area (Å²) in [6, 6.07) is 16.8. The molecule has 0 fully saturated rings. The van der Waals surface area contributed by atoms with Gasteiger partial charge >= 0.3 is 0 Å². The molecule has 0 spiro atoms. The van der Waals surface area contributed by atoms with Gasteiger partial charge in [-0.15, -0.1) is 0 Å². The second kappa shape index (κ2) is 8.21. The molecule has 5 nitrogen and oxygen atoms in total. The summed E-state index contributed by atoms with van der Waals surface area (Å²) in [5.74, 6) is -0.854. The van der Waals surface area contributed by atoms with Crippen LogP contribution in [-0.2, 0) is 9.59 Å². The predicted octanol–water partition coefficient (Wildman–Crippen LogP) is 4.09. The number of benzene rings is 2. The topological polar surface area (TPSA) is 75.6 Å². The lowest BCUT2D eigenvalue weighted by molar-refractivity contribution is -0.131. The Morgan fingerprint density at radius 2 is 1.69 bits per heavy atom. The number of methoxy groups -OCH3 is 1. The third kappa shape index (κ3) is 4.25. The van der Waals surface area contributed by atoms with Gasteiger partial charge in [-0.1, -0.05) is 30.3 Å². The van der Waals surface area contributed by atoms with Gasteiger partial charge in [0.1, 0.15) is 11.5 Å². The fourth-order valence-corrected chi connectivity index (χ4v) is 4.36. The van der Waals surface area contributed by atoms with E-state index in [-0.39, 0.29) is 18.0 Å². The Kier molecular flexibility index (Phi) is 5.89. The van der Waals surface area contributed by atoms with Crippen molar-refractivity contribution >= 4 is 17.3 Å². The molecule has 2 aromatic carbocycles. The third-order valence-corrected chi connectivity index (χ3v) is 5.54. The zero-order valence-corrected chi connectivity index (χ0v) is 17.2. The van der Waals surface area contributed by atoms with E-state index < -0.39 is 17.4 Å². The van der Waals surface area contributed by atoms with Crippen molar-refractivity contribution in [3.63, 3.8) is 0 Å². The number of Topliss-reactive ketones (excluding diaryl/α,β-unsaturated/α-hetero) is 2. The number of rotatable bonds is 6. The number of allylic oxidation sites excluding steroid dienone is 1. The molecule has 29 heavy (non-hydrogen) atoms. The first-order valence-corrected chi connectivity index (χ1v) is 9.67. The number of carbonyl (C=O) groups excluding carboxylic acids is 2. The number of para-hydroxylation sites is 1. The summed E-state index contributed by atoms with van der Waals surface area (Å²) in [4.78, 5) is 25.4. The Labute approximate surface area is 171 Å². The number of hydrogen-bond donors (Lipinski definition) is 2. The highest BCUT2D eigenvalue weighted by Gasteiger charge is 2.49. The Bertz CT molecular complexity index is 929. The summed E-state index contributed by atoms with van der Waals surface area (Å²) >= 11 is 0. The van der Waals surface area contributed by atoms with Crippen LogP contribution in [0.2, 0.25) is 0 Å². The van der Waals surface area contributed by atoms with E-state index in [9.17, 15) is 14.7 Å². The van der Waals surface area contributed by atoms with Gasteiger partial charge in [0.15, 0.2) is 5.78 Å². The Hall–Kier alpha value is -2.92. The molecule has 3 rings (SSSR count). The summed E-state index contributed by atoms with van der Waals surface area (Å²) < 4.78 is 5.24. The molecule has 0 saturated carbocycles. The number of ether oxygens (including phenoxy) is 1. The zero-order chi connectivity index (χ0) is 21.2. The van der Waals surface area contributed by atoms with E-state index in [4.69, 9.17) is 4.74 Å². The van der Waals surface area contributed by atoms with E-state index in [1.165, 1.54) is 13.8 Å². The molecule has 0 saturated heterocycles. The van der Waals surface area contributed by atoms with Crippen LogP contribution in [0.4, 0.5) is 5.69 Å². The summed E-state index contributed by atoms with van der Waals surface area (Å²) in [6.45, 7) is 4.65. The molecule has 5 heteroatoms. The van der Waals surface area contributed by atoms with Gasteiger partial charge in [-0.2, -0.15) is 0 Å². The van der Waals surface area contributed by atoms with Crippen LogP contribution in [0.3, 0.4) is 0 Å². The van der Waals surface area contributed by atoms with Gasteiger partial charge in [-0.05, 0) is 50.6 Å². The molecule has 3 atom stereocenters. The zero-order valence-electron chi connectivity index (χ0n) is 17.2. The first kappa shape index (κ1) is 20.8. The molecule has 1 aliphatic carbocycles. The molecular formula is C24H27NO4. The van der Waals surface area contributed by atoms with Crippen LogP contribution in [0.25, 0.3) is 0 Å². The lowest BCUT2D eigenvalue weighted by atomic mass is 9.64. The van der Waals surface area contributed by atoms with Crippen LogP contribution < -0.4 is 10.1 Å². The van der Waals surface area contributed by atoms with Crippen molar-refractivity contribution in [3.05, 3.63) is 71.4 Å². The Balaban J connectivity index is 2.19. The second-order valence-electron chi connectivity index (χ2n) is 7.81. The largest absolute Gasteiger partial charge is 0.497 e. The maximum absolute atomic E-state index is 12.8. The molecule has 1 aliphatic rings. The van der Waals surface area contributed by atoms with Gasteiger partial charge in [0.25, 0.3) is 0 Å². The summed E-state index contributed by atoms with van der Waals surface area (Å²) in [5, 5.41) is 14.6. The van der Waals surface area contributed by atoms with E-state index >= 15 is 0 Å². The molecule has 0 radical (unpaired) electrons. The van der Waals surface area contributed by atoms with Crippen LogP contribution >= 0.6 is 0 Å². The van der Waals surface area contributed by atoms with Gasteiger partial charge in [0, 0.05) is 29.3 Å². The van der Waals surface area contributed by atoms with Crippen molar-refractivity contribution in [3.8, 4) is 5.75 Å². The van der Waals surface area contributed by atoms with Crippen molar-refractivity contribution in [2.75, 3.05) is 12.4 Å². The molecule has 2 N–H and O–H groups in total. The lowest BCUT2D eigenvalue weighted by Gasteiger charge is -2.43. The number of hydrogen-bond acceptors (Lipinski definition) is 5. The van der Waals surface area contributed by atoms with Crippen molar-refractivity contribution in [1.82, 2.24) is 0 Å². The van der Waals surface area contributed by atoms with Crippen LogP contribution in [-0.4, -0.2) is 29.4 Å². The van der Waals surface area contributed by atoms with E-state index in [1.54, 1.807) is 26.2 Å². The highest BCUT2D eigenvalue weighted by Crippen LogP contribution is 2.47. The fourth-order valence-electron chi connectivity index (χ4n) is 4.36. The molecule has 0 bridgehead atoms. The highest BCUT2D eigenvalue weighted by molar-refractivity contribution is 5.98. The monoisotopic (exact) mass is 393 g/mol. The number of carbonyl (C=O) groups is 2. The number of aliphatic hydroxyl groups is 1. The van der Waals surface area contributed by atoms with Gasteiger partial charge in [-0.25, -0.2) is 0 Å². The van der Waals surface area contributed by atoms with E-state index in [2.05, 4.69) is 5.32 Å². The number of nitrogens with one attached hydrogen (secondary N) is 1. The first-order valence-electron chi connectivity index (χ1n) is 9.67. The minimum Gasteiger partial charge on any atom is -0.497 e. The maximum atomic E-state index is 12.8. The molecule has 0 aromatic heterocycles. The van der Waals surface area contributed by atoms with Gasteiger partial charge < -0.3 is 15.2 Å². The Morgan fingerprint density at radius 3 is 2.21 bits per heavy atom. The normalized spacial score (nSPS) is 24.2. The number of anilines is 1. The van der Waals surface area contributed by atoms with Crippen LogP contribution in [0.15, 0.2) is 65.9 Å². The van der Waals surface area contributed by atoms with Crippen LogP contribution in [0.5, 0.6) is 5.75 Å². The molecule has 0 aliphatic heterocycles. The van der Waals surface area contributed by atoms with Crippen molar-refractivity contribution in [2.24, 2.45) is 5.92 Å². The smallest absolute Gasteiger partial charge is 0.158 e. The molecule has 152 valence electrons. The Morgan fingerprint density at radius 1 is 1.07 bits per heavy atom. The average Bonchev–Trinajstić information content (AvgIpc) is 2.67. The van der Waals surface area contributed by atoms with E-state index in [0.717, 1.165) is 11.3 Å². The summed E-state index contributed by atoms with van der Waals surface area (Å²) in [6.07, 6.45) is 0.188. The summed E-state index contributed by atoms with van der Waals surface area (Å²) in [5.41, 5.74) is 1.50. The average molecular weight is 393 g/mol. The molecule has 0 heterocycles. The van der Waals surface area contributed by atoms with E-state index in [0.29, 0.717) is 17.0 Å². The van der Waals surface area contributed by atoms with Crippen molar-refractivity contribution < 1.29 is 19.4 Å². The molecule has 0 amide bonds. The second-order valence-corrected chi connectivity index (χ2v) is 7.81. The van der Waals surface area contributed by atoms with Gasteiger partial charge in [-0.3, -0.25) is 9.59 Å². The molecule has 0 unspecified atom stereocenters. The van der Waals surface area contributed by atoms with Crippen molar-refractivity contribution in [1.29, 1.82) is 0 Å². The number of ketones is 2. The molecular weight excluding hydrogens is 366 g/mol. The van der Waals surface area contributed by atoms with E-state index in [1.807, 2.05) is 42.5 Å². The quantitative estimate of drug-likeness (QED) is 0.773. The minimum absolute atomic E-state index is 0.119. The van der Waals surface area contributed by atoms with Crippen molar-refractivity contribution in [2.45, 2.75) is 38.7 Å². The predicted molar refractivity (Wildman–Crippen MR) is 113 cm³/mol. The van der Waals surface area contributed by atoms with Gasteiger partial charge in [0.05, 0.1) is 18.6 Å². The van der Waals surface area contributed by atoms with Gasteiger partial charge in [0.2, 0.25) is 0 Å². The van der Waals surface area contributed by atoms with Crippen LogP contribution in [0.1, 0.15) is 38.7 Å². The first-order chi connectivity index (χ1) is 13.7. The lowest BCUT2D eigenvalue weighted by Crippen LogP contribution is -2.48. The van der Waals surface area contributed by atoms with Crippen LogP contribution in [0, 0.1) is 5.92 Å². The maximum Gasteiger partial charge on any atom is 0.158 e. The standard InChI is InChI=1S/C24H27NO4/c1-15(26)21-20(25-18-8-6-5-7-9-18)14-24(3,28)23(16(2)27)22(21)17-10-12-19(29-4)13-11-17/h5-13,22-23,25,28H,14H2,1-4H3/t22-,23+,24+/m0/s1.